The van der Waals surface area contributed by atoms with Crippen LogP contribution >= 0.6 is 0 Å². The molecular formula is C25H39NO4Sn. The second-order valence-corrected chi connectivity index (χ2v) is 22.1. The molecular weight excluding hydrogens is 497 g/mol. The van der Waals surface area contributed by atoms with E-state index in [0.717, 1.165) is 5.56 Å². The Morgan fingerprint density at radius 1 is 0.935 bits per heavy atom. The van der Waals surface area contributed by atoms with Gasteiger partial charge in [-0.05, 0) is 0 Å². The molecule has 1 heterocycles. The molecule has 1 aliphatic rings. The van der Waals surface area contributed by atoms with Gasteiger partial charge in [0.15, 0.2) is 0 Å². The zero-order chi connectivity index (χ0) is 22.7. The Bertz CT molecular complexity index is 711. The number of hydrogen-bond acceptors (Lipinski definition) is 4. The van der Waals surface area contributed by atoms with Crippen molar-refractivity contribution in [1.82, 2.24) is 5.06 Å². The Labute approximate surface area is 191 Å². The third-order valence-corrected chi connectivity index (χ3v) is 22.0. The van der Waals surface area contributed by atoms with E-state index in [-0.39, 0.29) is 19.3 Å². The summed E-state index contributed by atoms with van der Waals surface area (Å²) in [6, 6.07) is 8.94. The SMILES string of the molecule is CCC[CH2][Sn]([CH2]CCC)([CH2]CCC)[c]1cccc(CCC(=O)ON2C(=O)CCC2=O)c1. The summed E-state index contributed by atoms with van der Waals surface area (Å²) in [5.74, 6) is -1.38. The van der Waals surface area contributed by atoms with Crippen LogP contribution in [0.2, 0.25) is 13.3 Å². The van der Waals surface area contributed by atoms with Crippen LogP contribution in [0, 0.1) is 0 Å². The van der Waals surface area contributed by atoms with Crippen LogP contribution in [-0.2, 0) is 25.6 Å². The first-order valence-corrected chi connectivity index (χ1v) is 19.6. The Morgan fingerprint density at radius 2 is 1.48 bits per heavy atom. The Hall–Kier alpha value is -1.37. The van der Waals surface area contributed by atoms with Gasteiger partial charge in [0.25, 0.3) is 0 Å². The van der Waals surface area contributed by atoms with Crippen LogP contribution in [-0.4, -0.2) is 41.2 Å². The summed E-state index contributed by atoms with van der Waals surface area (Å²) in [5.41, 5.74) is 1.15. The molecule has 0 atom stereocenters. The summed E-state index contributed by atoms with van der Waals surface area (Å²) in [7, 11) is 0. The summed E-state index contributed by atoms with van der Waals surface area (Å²) in [6.45, 7) is 6.86. The van der Waals surface area contributed by atoms with Gasteiger partial charge in [0.1, 0.15) is 0 Å². The number of carbonyl (C=O) groups excluding carboxylic acids is 3. The van der Waals surface area contributed by atoms with E-state index < -0.39 is 36.2 Å². The van der Waals surface area contributed by atoms with Crippen LogP contribution in [0.15, 0.2) is 24.3 Å². The summed E-state index contributed by atoms with van der Waals surface area (Å²) in [5, 5.41) is 0.639. The van der Waals surface area contributed by atoms with Gasteiger partial charge in [0, 0.05) is 0 Å². The van der Waals surface area contributed by atoms with E-state index >= 15 is 0 Å². The fourth-order valence-corrected chi connectivity index (χ4v) is 20.6. The van der Waals surface area contributed by atoms with Gasteiger partial charge in [-0.2, -0.15) is 0 Å². The number of hydroxylamine groups is 2. The molecule has 0 bridgehead atoms. The van der Waals surface area contributed by atoms with Gasteiger partial charge in [0.2, 0.25) is 0 Å². The maximum atomic E-state index is 12.2. The molecule has 1 aliphatic heterocycles. The summed E-state index contributed by atoms with van der Waals surface area (Å²) in [6.07, 6.45) is 8.67. The molecule has 1 fully saturated rings. The number of unbranched alkanes of at least 4 members (excludes halogenated alkanes) is 3. The van der Waals surface area contributed by atoms with Crippen LogP contribution in [0.4, 0.5) is 0 Å². The van der Waals surface area contributed by atoms with Crippen molar-refractivity contribution in [3.8, 4) is 0 Å². The summed E-state index contributed by atoms with van der Waals surface area (Å²) < 4.78 is 5.84. The van der Waals surface area contributed by atoms with Crippen LogP contribution in [0.5, 0.6) is 0 Å². The normalized spacial score (nSPS) is 14.4. The van der Waals surface area contributed by atoms with E-state index in [2.05, 4.69) is 45.0 Å². The van der Waals surface area contributed by atoms with E-state index in [1.165, 1.54) is 51.8 Å². The number of benzene rings is 1. The van der Waals surface area contributed by atoms with E-state index in [4.69, 9.17) is 4.84 Å². The standard InChI is InChI=1S/C13H12NO4.3C4H9.Sn/c15-11-7-8-12(16)14(11)18-13(17)9-6-10-4-2-1-3-5-10;3*1-3-4-2;/h1-2,4-5H,6-9H2;3*1,3-4H2,2H3;. The molecule has 0 spiro atoms. The van der Waals surface area contributed by atoms with Gasteiger partial charge in [-0.1, -0.05) is 0 Å². The number of nitrogens with zero attached hydrogens (tertiary/aromatic N) is 1. The van der Waals surface area contributed by atoms with Crippen LogP contribution in [0.3, 0.4) is 0 Å². The average Bonchev–Trinajstić information content (AvgIpc) is 3.09. The Morgan fingerprint density at radius 3 is 2.00 bits per heavy atom. The summed E-state index contributed by atoms with van der Waals surface area (Å²) in [4.78, 5) is 40.5. The number of hydrogen-bond donors (Lipinski definition) is 0. The number of aryl methyl sites for hydroxylation is 1. The summed E-state index contributed by atoms with van der Waals surface area (Å²) >= 11 is -2.50. The Kier molecular flexibility index (Phi) is 11.1. The molecule has 172 valence electrons. The number of carbonyl (C=O) groups is 3. The van der Waals surface area contributed by atoms with Gasteiger partial charge in [-0.25, -0.2) is 0 Å². The van der Waals surface area contributed by atoms with Crippen LogP contribution in [0.1, 0.15) is 84.1 Å². The van der Waals surface area contributed by atoms with Crippen molar-refractivity contribution in [3.63, 3.8) is 0 Å². The molecule has 1 saturated heterocycles. The minimum atomic E-state index is -2.50. The molecule has 2 rings (SSSR count). The molecule has 2 amide bonds. The van der Waals surface area contributed by atoms with E-state index in [1.807, 2.05) is 0 Å². The first-order chi connectivity index (χ1) is 15.0. The van der Waals surface area contributed by atoms with Crippen molar-refractivity contribution in [2.75, 3.05) is 0 Å². The fraction of sp³-hybridized carbons (Fsp3) is 0.640. The second kappa shape index (κ2) is 13.2. The van der Waals surface area contributed by atoms with Crippen molar-refractivity contribution >= 4 is 39.7 Å². The zero-order valence-corrected chi connectivity index (χ0v) is 22.4. The van der Waals surface area contributed by atoms with Gasteiger partial charge < -0.3 is 0 Å². The molecule has 6 heteroatoms. The molecule has 0 aromatic heterocycles. The topological polar surface area (TPSA) is 63.7 Å². The molecule has 0 N–H and O–H groups in total. The van der Waals surface area contributed by atoms with Gasteiger partial charge in [-0.15, -0.1) is 0 Å². The monoisotopic (exact) mass is 537 g/mol. The zero-order valence-electron chi connectivity index (χ0n) is 19.6. The number of rotatable bonds is 14. The fourth-order valence-electron chi connectivity index (χ4n) is 4.46. The minimum absolute atomic E-state index is 0.122. The van der Waals surface area contributed by atoms with Crippen LogP contribution < -0.4 is 3.58 Å². The van der Waals surface area contributed by atoms with E-state index in [1.54, 1.807) is 3.58 Å². The molecule has 31 heavy (non-hydrogen) atoms. The Balaban J connectivity index is 2.10. The number of amides is 2. The quantitative estimate of drug-likeness (QED) is 0.240. The maximum absolute atomic E-state index is 12.2. The van der Waals surface area contributed by atoms with Crippen molar-refractivity contribution < 1.29 is 19.2 Å². The van der Waals surface area contributed by atoms with Crippen molar-refractivity contribution in [2.45, 2.75) is 98.3 Å². The molecule has 5 nitrogen and oxygen atoms in total. The van der Waals surface area contributed by atoms with Crippen LogP contribution in [0.25, 0.3) is 0 Å². The van der Waals surface area contributed by atoms with Gasteiger partial charge in [0.05, 0.1) is 0 Å². The van der Waals surface area contributed by atoms with Crippen molar-refractivity contribution in [1.29, 1.82) is 0 Å². The molecule has 0 aliphatic carbocycles. The van der Waals surface area contributed by atoms with Crippen molar-refractivity contribution in [3.05, 3.63) is 29.8 Å². The second-order valence-electron chi connectivity index (χ2n) is 8.84. The number of imide groups is 1. The third kappa shape index (κ3) is 7.62. The molecule has 0 radical (unpaired) electrons. The molecule has 0 unspecified atom stereocenters. The van der Waals surface area contributed by atoms with E-state index in [9.17, 15) is 14.4 Å². The predicted octanol–water partition coefficient (Wildman–Crippen LogP) is 5.28. The van der Waals surface area contributed by atoms with E-state index in [0.29, 0.717) is 11.5 Å². The molecule has 0 saturated carbocycles. The third-order valence-electron chi connectivity index (χ3n) is 6.38. The molecule has 1 aromatic carbocycles. The first-order valence-electron chi connectivity index (χ1n) is 12.1. The van der Waals surface area contributed by atoms with Gasteiger partial charge >= 0.3 is 192 Å². The first kappa shape index (κ1) is 25.9. The van der Waals surface area contributed by atoms with Gasteiger partial charge in [-0.3, -0.25) is 0 Å². The average molecular weight is 536 g/mol. The van der Waals surface area contributed by atoms with Crippen molar-refractivity contribution in [2.24, 2.45) is 0 Å². The predicted molar refractivity (Wildman–Crippen MR) is 126 cm³/mol. The molecule has 1 aromatic rings.